The van der Waals surface area contributed by atoms with Crippen molar-refractivity contribution in [2.24, 2.45) is 0 Å². The maximum absolute atomic E-state index is 2.45. The Kier molecular flexibility index (Phi) is 19.5. The van der Waals surface area contributed by atoms with Gasteiger partial charge in [-0.05, 0) is 234 Å². The van der Waals surface area contributed by atoms with Gasteiger partial charge in [-0.3, -0.25) is 0 Å². The maximum Gasteiger partial charge on any atom is 0.0714 e. The van der Waals surface area contributed by atoms with E-state index in [0.29, 0.717) is 0 Å². The number of nitrogens with zero attached hydrogens (tertiary/aromatic N) is 4. The fraction of sp³-hybridized carbons (Fsp3) is 0.0339. The summed E-state index contributed by atoms with van der Waals surface area (Å²) in [4.78, 5) is 4.81. The van der Waals surface area contributed by atoms with E-state index >= 15 is 0 Å². The number of benzene rings is 19. The Labute approximate surface area is 714 Å². The molecule has 0 bridgehead atoms. The van der Waals surface area contributed by atoms with Crippen molar-refractivity contribution in [2.75, 3.05) is 9.80 Å². The molecular formula is C118H88N4. The predicted molar refractivity (Wildman–Crippen MR) is 515 cm³/mol. The molecule has 0 atom stereocenters. The van der Waals surface area contributed by atoms with E-state index in [9.17, 15) is 0 Å². The minimum Gasteiger partial charge on any atom is -0.310 e. The highest BCUT2D eigenvalue weighted by atomic mass is 15.1. The van der Waals surface area contributed by atoms with E-state index in [1.165, 1.54) is 149 Å². The minimum absolute atomic E-state index is 0. The average molecular weight is 1560 g/mol. The van der Waals surface area contributed by atoms with Crippen molar-refractivity contribution >= 4 is 77.7 Å². The van der Waals surface area contributed by atoms with Crippen molar-refractivity contribution in [3.63, 3.8) is 0 Å². The lowest BCUT2D eigenvalue weighted by molar-refractivity contribution is 0.768. The van der Waals surface area contributed by atoms with Crippen LogP contribution >= 0.6 is 0 Å². The molecule has 122 heavy (non-hydrogen) atoms. The van der Waals surface area contributed by atoms with Gasteiger partial charge in [-0.25, -0.2) is 0 Å². The normalized spacial score (nSPS) is 12.4. The highest BCUT2D eigenvalue weighted by Crippen LogP contribution is 2.60. The van der Waals surface area contributed by atoms with Gasteiger partial charge in [0.25, 0.3) is 0 Å². The second-order valence-corrected chi connectivity index (χ2v) is 31.4. The summed E-state index contributed by atoms with van der Waals surface area (Å²) in [6.07, 6.45) is 0. The zero-order valence-corrected chi connectivity index (χ0v) is 66.0. The Bertz CT molecular complexity index is 7250. The van der Waals surface area contributed by atoms with Crippen LogP contribution in [-0.4, -0.2) is 9.13 Å². The van der Waals surface area contributed by atoms with E-state index in [0.717, 1.165) is 39.8 Å². The van der Waals surface area contributed by atoms with Crippen LogP contribution in [0.15, 0.2) is 485 Å². The van der Waals surface area contributed by atoms with Crippen molar-refractivity contribution < 1.29 is 0 Å². The molecule has 580 valence electrons. The maximum atomic E-state index is 2.45. The number of anilines is 6. The average Bonchev–Trinajstić information content (AvgIpc) is 1.54. The monoisotopic (exact) mass is 1560 g/mol. The Morgan fingerprint density at radius 2 is 0.418 bits per heavy atom. The third-order valence-corrected chi connectivity index (χ3v) is 24.9. The molecule has 0 radical (unpaired) electrons. The SMILES string of the molecule is C.C.c1ccc(-c2ccc(N(c3ccc(-c4ccc5c(c4)c4ccccc4n5-c4ccccc4)cc3)c3ccc4c(c3)C(c3ccccc3)(c3ccccc3)c3ccccc3-4)cc2)cc1.c1ccc(N(c2ccc(-c3ccc4c(c3)c3ccccc3n4-c3ccccc3)cc2)c2ccc3c(c2)C(c2ccccc2)(c2ccccc2)c2ccccc2-3)cc1. The van der Waals surface area contributed by atoms with Crippen molar-refractivity contribution in [1.82, 2.24) is 9.13 Å². The second kappa shape index (κ2) is 31.7. The number of hydrogen-bond acceptors (Lipinski definition) is 2. The molecule has 0 saturated heterocycles. The van der Waals surface area contributed by atoms with Crippen molar-refractivity contribution in [2.45, 2.75) is 25.7 Å². The lowest BCUT2D eigenvalue weighted by Gasteiger charge is -2.35. The van der Waals surface area contributed by atoms with Crippen LogP contribution in [0.25, 0.3) is 111 Å². The van der Waals surface area contributed by atoms with E-state index in [1.54, 1.807) is 0 Å². The van der Waals surface area contributed by atoms with Gasteiger partial charge in [0.15, 0.2) is 0 Å². The Hall–Kier alpha value is -15.6. The zero-order valence-electron chi connectivity index (χ0n) is 66.0. The van der Waals surface area contributed by atoms with Gasteiger partial charge >= 0.3 is 0 Å². The predicted octanol–water partition coefficient (Wildman–Crippen LogP) is 31.5. The van der Waals surface area contributed by atoms with Crippen molar-refractivity contribution in [3.8, 4) is 67.0 Å². The Balaban J connectivity index is 0.000000153. The van der Waals surface area contributed by atoms with Crippen LogP contribution in [0, 0.1) is 0 Å². The van der Waals surface area contributed by atoms with Crippen LogP contribution in [0.1, 0.15) is 59.4 Å². The van der Waals surface area contributed by atoms with Gasteiger partial charge in [0.1, 0.15) is 0 Å². The summed E-state index contributed by atoms with van der Waals surface area (Å²) in [5.74, 6) is 0. The molecule has 21 aromatic rings. The van der Waals surface area contributed by atoms with Crippen LogP contribution < -0.4 is 9.80 Å². The number of aromatic nitrogens is 2. The van der Waals surface area contributed by atoms with E-state index in [1.807, 2.05) is 0 Å². The molecule has 4 nitrogen and oxygen atoms in total. The first-order chi connectivity index (χ1) is 59.5. The van der Waals surface area contributed by atoms with Crippen LogP contribution in [0.3, 0.4) is 0 Å². The quantitative estimate of drug-likeness (QED) is 0.102. The number of hydrogen-bond donors (Lipinski definition) is 0. The molecule has 23 rings (SSSR count). The molecule has 0 unspecified atom stereocenters. The summed E-state index contributed by atoms with van der Waals surface area (Å²) in [6.45, 7) is 0. The van der Waals surface area contributed by atoms with Gasteiger partial charge < -0.3 is 18.9 Å². The largest absolute Gasteiger partial charge is 0.310 e. The van der Waals surface area contributed by atoms with Gasteiger partial charge in [0, 0.05) is 67.0 Å². The fourth-order valence-electron chi connectivity index (χ4n) is 19.7. The number of para-hydroxylation sites is 5. The Morgan fingerprint density at radius 1 is 0.164 bits per heavy atom. The molecular weight excluding hydrogens is 1470 g/mol. The third kappa shape index (κ3) is 12.5. The van der Waals surface area contributed by atoms with E-state index in [4.69, 9.17) is 0 Å². The summed E-state index contributed by atoms with van der Waals surface area (Å²) < 4.78 is 4.74. The minimum atomic E-state index is -0.501. The first-order valence-corrected chi connectivity index (χ1v) is 41.4. The van der Waals surface area contributed by atoms with Gasteiger partial charge in [0.2, 0.25) is 0 Å². The van der Waals surface area contributed by atoms with Crippen molar-refractivity contribution in [3.05, 3.63) is 530 Å². The molecule has 0 N–H and O–H groups in total. The number of fused-ring (bicyclic) bond motifs is 12. The van der Waals surface area contributed by atoms with Gasteiger partial charge in [-0.15, -0.1) is 0 Å². The molecule has 0 aliphatic heterocycles. The van der Waals surface area contributed by atoms with E-state index < -0.39 is 10.8 Å². The topological polar surface area (TPSA) is 16.3 Å². The Morgan fingerprint density at radius 3 is 0.787 bits per heavy atom. The van der Waals surface area contributed by atoms with Gasteiger partial charge in [-0.2, -0.15) is 0 Å². The molecule has 4 heteroatoms. The lowest BCUT2D eigenvalue weighted by Crippen LogP contribution is -2.28. The highest BCUT2D eigenvalue weighted by Gasteiger charge is 2.48. The standard InChI is InChI=1S/C61H42N2.C55H38N2.2CH4/c1-5-17-43(18-6-1)44-29-34-50(35-30-44)62(51-36-31-45(32-37-51)46-33-40-60-56(41-46)55-26-14-16-28-59(55)63(60)49-23-11-4-12-24-49)52-38-39-54-53-25-13-15-27-57(53)61(58(54)42-52,47-19-7-2-8-20-47)48-21-9-3-10-22-48;1-5-17-41(18-6-1)55(42-19-7-2-8-20-42)51-27-15-13-25-47(51)48-35-34-46(38-52(48)55)56(43-21-9-3-10-22-43)45-32-29-39(30-33-45)40-31-36-54-50(37-40)49-26-14-16-28-53(49)57(54)44-23-11-4-12-24-44;;/h1-42H;1-38H;2*1H4. The molecule has 19 aromatic carbocycles. The molecule has 0 amide bonds. The molecule has 0 fully saturated rings. The summed E-state index contributed by atoms with van der Waals surface area (Å²) >= 11 is 0. The molecule has 0 spiro atoms. The first kappa shape index (κ1) is 75.1. The van der Waals surface area contributed by atoms with Crippen LogP contribution in [0.2, 0.25) is 0 Å². The summed E-state index contributed by atoms with van der Waals surface area (Å²) in [7, 11) is 0. The molecule has 2 heterocycles. The third-order valence-electron chi connectivity index (χ3n) is 24.9. The van der Waals surface area contributed by atoms with E-state index in [-0.39, 0.29) is 14.9 Å². The lowest BCUT2D eigenvalue weighted by atomic mass is 9.67. The number of rotatable bonds is 15. The first-order valence-electron chi connectivity index (χ1n) is 41.4. The summed E-state index contributed by atoms with van der Waals surface area (Å²) in [5, 5.41) is 5.00. The molecule has 2 aliphatic carbocycles. The molecule has 2 aromatic heterocycles. The smallest absolute Gasteiger partial charge is 0.0714 e. The van der Waals surface area contributed by atoms with Crippen molar-refractivity contribution in [1.29, 1.82) is 0 Å². The molecule has 0 saturated carbocycles. The van der Waals surface area contributed by atoms with Gasteiger partial charge in [-0.1, -0.05) is 367 Å². The van der Waals surface area contributed by atoms with Crippen LogP contribution in [0.4, 0.5) is 34.1 Å². The van der Waals surface area contributed by atoms with Gasteiger partial charge in [0.05, 0.1) is 32.9 Å². The fourth-order valence-corrected chi connectivity index (χ4v) is 19.7. The summed E-state index contributed by atoms with van der Waals surface area (Å²) in [6, 6.07) is 177. The highest BCUT2D eigenvalue weighted by molar-refractivity contribution is 6.12. The molecule has 2 aliphatic rings. The summed E-state index contributed by atoms with van der Waals surface area (Å²) in [5.41, 5.74) is 35.3. The van der Waals surface area contributed by atoms with E-state index in [2.05, 4.69) is 504 Å². The second-order valence-electron chi connectivity index (χ2n) is 31.4. The van der Waals surface area contributed by atoms with Crippen LogP contribution in [0.5, 0.6) is 0 Å². The van der Waals surface area contributed by atoms with Crippen LogP contribution in [-0.2, 0) is 10.8 Å². The zero-order chi connectivity index (χ0) is 79.5.